The first-order chi connectivity index (χ1) is 11.0. The van der Waals surface area contributed by atoms with Crippen LogP contribution in [0.15, 0.2) is 40.8 Å². The summed E-state index contributed by atoms with van der Waals surface area (Å²) < 4.78 is 5.55. The van der Waals surface area contributed by atoms with Gasteiger partial charge in [0.15, 0.2) is 0 Å². The lowest BCUT2D eigenvalue weighted by Crippen LogP contribution is -2.36. The second-order valence-electron chi connectivity index (χ2n) is 6.12. The van der Waals surface area contributed by atoms with Gasteiger partial charge in [-0.25, -0.2) is 0 Å². The first-order valence-electron chi connectivity index (χ1n) is 8.07. The van der Waals surface area contributed by atoms with Crippen molar-refractivity contribution in [1.29, 1.82) is 0 Å². The summed E-state index contributed by atoms with van der Waals surface area (Å²) in [5.41, 5.74) is 2.37. The molecule has 1 aromatic carbocycles. The molecule has 2 rings (SSSR count). The predicted molar refractivity (Wildman–Crippen MR) is 92.1 cm³/mol. The smallest absolute Gasteiger partial charge is 0.234 e. The van der Waals surface area contributed by atoms with Gasteiger partial charge in [-0.3, -0.25) is 9.69 Å². The molecular weight excluding hydrogens is 288 g/mol. The standard InChI is InChI=1S/C19H26N2O2/c1-5-18(16-9-6-14(2)7-10-16)20-19(22)13-21(4)12-17-11-8-15(3)23-17/h6-11,18H,5,12-13H2,1-4H3,(H,20,22)/t18-/m1/s1. The summed E-state index contributed by atoms with van der Waals surface area (Å²) in [6.07, 6.45) is 0.871. The van der Waals surface area contributed by atoms with Gasteiger partial charge in [-0.1, -0.05) is 36.8 Å². The number of nitrogens with zero attached hydrogens (tertiary/aromatic N) is 1. The van der Waals surface area contributed by atoms with E-state index in [1.807, 2.05) is 31.0 Å². The van der Waals surface area contributed by atoms with Crippen LogP contribution >= 0.6 is 0 Å². The third-order valence-corrected chi connectivity index (χ3v) is 3.86. The Morgan fingerprint density at radius 3 is 2.43 bits per heavy atom. The van der Waals surface area contributed by atoms with Crippen molar-refractivity contribution >= 4 is 5.91 Å². The van der Waals surface area contributed by atoms with Crippen molar-refractivity contribution in [3.63, 3.8) is 0 Å². The molecule has 0 spiro atoms. The molecule has 0 aliphatic rings. The summed E-state index contributed by atoms with van der Waals surface area (Å²) in [6, 6.07) is 12.3. The molecular formula is C19H26N2O2. The highest BCUT2D eigenvalue weighted by molar-refractivity contribution is 5.78. The van der Waals surface area contributed by atoms with E-state index in [0.29, 0.717) is 13.1 Å². The van der Waals surface area contributed by atoms with Gasteiger partial charge in [-0.05, 0) is 45.0 Å². The van der Waals surface area contributed by atoms with Crippen molar-refractivity contribution in [1.82, 2.24) is 10.2 Å². The largest absolute Gasteiger partial charge is 0.465 e. The molecule has 0 fully saturated rings. The molecule has 23 heavy (non-hydrogen) atoms. The minimum absolute atomic E-state index is 0.0307. The minimum Gasteiger partial charge on any atom is -0.465 e. The Hall–Kier alpha value is -2.07. The maximum absolute atomic E-state index is 12.3. The molecule has 2 aromatic rings. The van der Waals surface area contributed by atoms with Crippen LogP contribution < -0.4 is 5.32 Å². The maximum atomic E-state index is 12.3. The number of nitrogens with one attached hydrogen (secondary N) is 1. The van der Waals surface area contributed by atoms with Gasteiger partial charge in [0.1, 0.15) is 11.5 Å². The first kappa shape index (κ1) is 17.3. The van der Waals surface area contributed by atoms with E-state index in [2.05, 4.69) is 43.4 Å². The van der Waals surface area contributed by atoms with Gasteiger partial charge in [0.05, 0.1) is 19.1 Å². The fourth-order valence-corrected chi connectivity index (χ4v) is 2.60. The number of carbonyl (C=O) groups excluding carboxylic acids is 1. The zero-order valence-corrected chi connectivity index (χ0v) is 14.4. The van der Waals surface area contributed by atoms with Crippen molar-refractivity contribution in [3.05, 3.63) is 59.0 Å². The normalized spacial score (nSPS) is 12.4. The number of rotatable bonds is 7. The number of likely N-dealkylation sites (N-methyl/N-ethyl adjacent to an activating group) is 1. The second-order valence-corrected chi connectivity index (χ2v) is 6.12. The molecule has 0 saturated heterocycles. The summed E-state index contributed by atoms with van der Waals surface area (Å²) in [6.45, 7) is 7.04. The van der Waals surface area contributed by atoms with Crippen molar-refractivity contribution in [2.45, 2.75) is 39.8 Å². The lowest BCUT2D eigenvalue weighted by atomic mass is 10.0. The summed E-state index contributed by atoms with van der Waals surface area (Å²) in [4.78, 5) is 14.2. The zero-order valence-electron chi connectivity index (χ0n) is 14.4. The van der Waals surface area contributed by atoms with Gasteiger partial charge in [-0.2, -0.15) is 0 Å². The quantitative estimate of drug-likeness (QED) is 0.849. The molecule has 0 saturated carbocycles. The van der Waals surface area contributed by atoms with Gasteiger partial charge in [0.2, 0.25) is 5.91 Å². The van der Waals surface area contributed by atoms with Crippen molar-refractivity contribution in [3.8, 4) is 0 Å². The molecule has 4 nitrogen and oxygen atoms in total. The average Bonchev–Trinajstić information content (AvgIpc) is 2.90. The van der Waals surface area contributed by atoms with Gasteiger partial charge >= 0.3 is 0 Å². The van der Waals surface area contributed by atoms with Crippen LogP contribution in [0.1, 0.15) is 42.0 Å². The molecule has 0 radical (unpaired) electrons. The highest BCUT2D eigenvalue weighted by atomic mass is 16.3. The summed E-state index contributed by atoms with van der Waals surface area (Å²) in [5, 5.41) is 3.11. The lowest BCUT2D eigenvalue weighted by Gasteiger charge is -2.20. The molecule has 0 unspecified atom stereocenters. The van der Waals surface area contributed by atoms with E-state index in [1.165, 1.54) is 5.56 Å². The molecule has 4 heteroatoms. The van der Waals surface area contributed by atoms with Gasteiger partial charge < -0.3 is 9.73 Å². The summed E-state index contributed by atoms with van der Waals surface area (Å²) in [7, 11) is 1.92. The minimum atomic E-state index is 0.0307. The lowest BCUT2D eigenvalue weighted by molar-refractivity contribution is -0.122. The fourth-order valence-electron chi connectivity index (χ4n) is 2.60. The van der Waals surface area contributed by atoms with Crippen LogP contribution in [0, 0.1) is 13.8 Å². The molecule has 1 amide bonds. The van der Waals surface area contributed by atoms with Crippen molar-refractivity contribution < 1.29 is 9.21 Å². The van der Waals surface area contributed by atoms with E-state index in [9.17, 15) is 4.79 Å². The topological polar surface area (TPSA) is 45.5 Å². The highest BCUT2D eigenvalue weighted by Gasteiger charge is 2.14. The number of amides is 1. The number of furan rings is 1. The van der Waals surface area contributed by atoms with Crippen LogP contribution in [0.2, 0.25) is 0 Å². The van der Waals surface area contributed by atoms with Crippen LogP contribution in [0.25, 0.3) is 0 Å². The Labute approximate surface area is 138 Å². The second kappa shape index (κ2) is 7.97. The molecule has 124 valence electrons. The van der Waals surface area contributed by atoms with Crippen LogP contribution in [0.3, 0.4) is 0 Å². The van der Waals surface area contributed by atoms with Crippen LogP contribution in [-0.4, -0.2) is 24.4 Å². The van der Waals surface area contributed by atoms with Crippen LogP contribution in [0.4, 0.5) is 0 Å². The van der Waals surface area contributed by atoms with Crippen molar-refractivity contribution in [2.75, 3.05) is 13.6 Å². The third kappa shape index (κ3) is 5.25. The van der Waals surface area contributed by atoms with E-state index in [-0.39, 0.29) is 11.9 Å². The Kier molecular flexibility index (Phi) is 5.99. The number of carbonyl (C=O) groups is 1. The van der Waals surface area contributed by atoms with Crippen LogP contribution in [0.5, 0.6) is 0 Å². The van der Waals surface area contributed by atoms with Gasteiger partial charge in [-0.15, -0.1) is 0 Å². The number of hydrogen-bond acceptors (Lipinski definition) is 3. The summed E-state index contributed by atoms with van der Waals surface area (Å²) >= 11 is 0. The van der Waals surface area contributed by atoms with E-state index < -0.39 is 0 Å². The Morgan fingerprint density at radius 1 is 1.17 bits per heavy atom. The SMILES string of the molecule is CC[C@@H](NC(=O)CN(C)Cc1ccc(C)o1)c1ccc(C)cc1. The molecule has 0 aliphatic heterocycles. The fraction of sp³-hybridized carbons (Fsp3) is 0.421. The first-order valence-corrected chi connectivity index (χ1v) is 8.07. The maximum Gasteiger partial charge on any atom is 0.234 e. The Balaban J connectivity index is 1.88. The van der Waals surface area contributed by atoms with Crippen LogP contribution in [-0.2, 0) is 11.3 Å². The molecule has 1 N–H and O–H groups in total. The predicted octanol–water partition coefficient (Wildman–Crippen LogP) is 3.60. The highest BCUT2D eigenvalue weighted by Crippen LogP contribution is 2.17. The monoisotopic (exact) mass is 314 g/mol. The Bertz CT molecular complexity index is 631. The molecule has 0 aliphatic carbocycles. The Morgan fingerprint density at radius 2 is 1.87 bits per heavy atom. The van der Waals surface area contributed by atoms with E-state index in [4.69, 9.17) is 4.42 Å². The number of hydrogen-bond donors (Lipinski definition) is 1. The molecule has 1 atom stereocenters. The zero-order chi connectivity index (χ0) is 16.8. The van der Waals surface area contributed by atoms with Gasteiger partial charge in [0, 0.05) is 0 Å². The van der Waals surface area contributed by atoms with E-state index in [1.54, 1.807) is 0 Å². The third-order valence-electron chi connectivity index (χ3n) is 3.86. The summed E-state index contributed by atoms with van der Waals surface area (Å²) in [5.74, 6) is 1.80. The molecule has 1 aromatic heterocycles. The number of aryl methyl sites for hydroxylation is 2. The van der Waals surface area contributed by atoms with Crippen molar-refractivity contribution in [2.24, 2.45) is 0 Å². The van der Waals surface area contributed by atoms with E-state index >= 15 is 0 Å². The van der Waals surface area contributed by atoms with Gasteiger partial charge in [0.25, 0.3) is 0 Å². The van der Waals surface area contributed by atoms with E-state index in [0.717, 1.165) is 23.5 Å². The molecule has 1 heterocycles. The average molecular weight is 314 g/mol. The molecule has 0 bridgehead atoms. The number of benzene rings is 1.